The molecule has 0 spiro atoms. The van der Waals surface area contributed by atoms with E-state index in [-0.39, 0.29) is 41.0 Å². The molecule has 6 unspecified atom stereocenters. The monoisotopic (exact) mass is 742 g/mol. The number of halogens is 2. The van der Waals surface area contributed by atoms with Crippen molar-refractivity contribution in [1.29, 1.82) is 0 Å². The summed E-state index contributed by atoms with van der Waals surface area (Å²) in [5.74, 6) is -5.77. The first-order chi connectivity index (χ1) is 26.0. The number of ketones is 1. The number of carbonyl (C=O) groups excluding carboxylic acids is 5. The Hall–Kier alpha value is -5.87. The minimum Gasteiger partial charge on any atom is -0.508 e. The first kappa shape index (κ1) is 33.9. The lowest BCUT2D eigenvalue weighted by Crippen LogP contribution is -2.51. The van der Waals surface area contributed by atoms with Gasteiger partial charge in [0, 0.05) is 29.0 Å². The zero-order valence-corrected chi connectivity index (χ0v) is 29.6. The van der Waals surface area contributed by atoms with Gasteiger partial charge in [0.25, 0.3) is 0 Å². The van der Waals surface area contributed by atoms with Crippen molar-refractivity contribution in [3.8, 4) is 11.5 Å². The largest absolute Gasteiger partial charge is 0.508 e. The molecule has 3 aliphatic heterocycles. The van der Waals surface area contributed by atoms with Gasteiger partial charge in [0.2, 0.25) is 23.6 Å². The average molecular weight is 743 g/mol. The molecule has 2 aliphatic carbocycles. The fourth-order valence-corrected chi connectivity index (χ4v) is 9.66. The molecule has 270 valence electrons. The molecule has 9 rings (SSSR count). The predicted octanol–water partition coefficient (Wildman–Crippen LogP) is 7.20. The van der Waals surface area contributed by atoms with E-state index in [1.807, 2.05) is 12.1 Å². The molecule has 4 aromatic rings. The van der Waals surface area contributed by atoms with Gasteiger partial charge in [-0.15, -0.1) is 0 Å². The van der Waals surface area contributed by atoms with Gasteiger partial charge in [-0.25, -0.2) is 9.29 Å². The fourth-order valence-electron chi connectivity index (χ4n) is 9.49. The van der Waals surface area contributed by atoms with Crippen LogP contribution in [-0.2, 0) is 25.6 Å². The van der Waals surface area contributed by atoms with Crippen molar-refractivity contribution in [1.82, 2.24) is 0 Å². The van der Waals surface area contributed by atoms with Crippen LogP contribution in [0.1, 0.15) is 41.3 Å². The number of hydrogen-bond donors (Lipinski definition) is 1. The SMILES string of the molecule is CC12C(=O)N(c3ccc(F)c(Cl)c3)C(=O)C1CC1C(=CCC3C(=O)N(c4ccc(C(=O)c5ccccc5)cc4)C(=O)C31)C2C1=COc2ccc(O)cc2C1. The lowest BCUT2D eigenvalue weighted by Gasteiger charge is -2.49. The Bertz CT molecular complexity index is 2390. The van der Waals surface area contributed by atoms with E-state index in [1.165, 1.54) is 23.1 Å². The van der Waals surface area contributed by atoms with Crippen molar-refractivity contribution in [2.45, 2.75) is 26.2 Å². The highest BCUT2D eigenvalue weighted by Crippen LogP contribution is 2.63. The number of aromatic hydroxyl groups is 1. The van der Waals surface area contributed by atoms with Crippen molar-refractivity contribution >= 4 is 52.4 Å². The Morgan fingerprint density at radius 3 is 2.31 bits per heavy atom. The van der Waals surface area contributed by atoms with E-state index in [4.69, 9.17) is 16.3 Å². The van der Waals surface area contributed by atoms with Crippen LogP contribution >= 0.6 is 11.6 Å². The maximum Gasteiger partial charge on any atom is 0.241 e. The Balaban J connectivity index is 1.10. The molecule has 4 aromatic carbocycles. The summed E-state index contributed by atoms with van der Waals surface area (Å²) in [4.78, 5) is 73.2. The van der Waals surface area contributed by atoms with Crippen LogP contribution in [0.2, 0.25) is 5.02 Å². The summed E-state index contributed by atoms with van der Waals surface area (Å²) < 4.78 is 20.3. The number of nitrogens with zero attached hydrogens (tertiary/aromatic N) is 2. The van der Waals surface area contributed by atoms with Crippen molar-refractivity contribution < 1.29 is 38.2 Å². The average Bonchev–Trinajstić information content (AvgIpc) is 3.55. The Labute approximate surface area is 314 Å². The Morgan fingerprint density at radius 1 is 0.852 bits per heavy atom. The molecule has 0 aromatic heterocycles. The van der Waals surface area contributed by atoms with Crippen LogP contribution < -0.4 is 14.5 Å². The lowest BCUT2D eigenvalue weighted by molar-refractivity contribution is -0.132. The highest BCUT2D eigenvalue weighted by atomic mass is 35.5. The van der Waals surface area contributed by atoms with Gasteiger partial charge in [0.05, 0.1) is 45.8 Å². The fraction of sp³-hybridized carbons (Fsp3) is 0.233. The number of rotatable bonds is 5. The third kappa shape index (κ3) is 4.92. The molecule has 3 fully saturated rings. The van der Waals surface area contributed by atoms with E-state index in [9.17, 15) is 33.5 Å². The minimum atomic E-state index is -1.34. The summed E-state index contributed by atoms with van der Waals surface area (Å²) >= 11 is 6.12. The first-order valence-corrected chi connectivity index (χ1v) is 18.1. The number of fused-ring (bicyclic) bond motifs is 5. The first-order valence-electron chi connectivity index (χ1n) is 17.8. The van der Waals surface area contributed by atoms with Crippen LogP contribution in [0.15, 0.2) is 114 Å². The van der Waals surface area contributed by atoms with Gasteiger partial charge in [0.1, 0.15) is 17.3 Å². The van der Waals surface area contributed by atoms with Crippen LogP contribution in [0.3, 0.4) is 0 Å². The van der Waals surface area contributed by atoms with Gasteiger partial charge >= 0.3 is 0 Å². The number of phenolic OH excluding ortho intramolecular Hbond substituents is 1. The van der Waals surface area contributed by atoms with Crippen LogP contribution in [0.25, 0.3) is 0 Å². The van der Waals surface area contributed by atoms with Gasteiger partial charge in [-0.2, -0.15) is 0 Å². The topological polar surface area (TPSA) is 121 Å². The minimum absolute atomic E-state index is 0.0445. The number of ether oxygens (including phenoxy) is 1. The lowest BCUT2D eigenvalue weighted by atomic mass is 9.51. The van der Waals surface area contributed by atoms with E-state index in [2.05, 4.69) is 0 Å². The molecule has 1 N–H and O–H groups in total. The van der Waals surface area contributed by atoms with Gasteiger partial charge in [0.15, 0.2) is 5.78 Å². The zero-order valence-electron chi connectivity index (χ0n) is 28.9. The molecule has 5 aliphatic rings. The van der Waals surface area contributed by atoms with Crippen LogP contribution in [0.5, 0.6) is 11.5 Å². The smallest absolute Gasteiger partial charge is 0.241 e. The molecular formula is C43H32ClFN2O7. The maximum absolute atomic E-state index is 14.7. The van der Waals surface area contributed by atoms with Crippen molar-refractivity contribution in [3.63, 3.8) is 0 Å². The second-order valence-corrected chi connectivity index (χ2v) is 15.2. The van der Waals surface area contributed by atoms with Crippen LogP contribution in [0, 0.1) is 40.8 Å². The number of imide groups is 2. The Kier molecular flexibility index (Phi) is 7.76. The normalized spacial score (nSPS) is 27.1. The molecule has 1 saturated carbocycles. The van der Waals surface area contributed by atoms with Crippen LogP contribution in [0.4, 0.5) is 15.8 Å². The number of allylic oxidation sites excluding steroid dienone is 3. The standard InChI is InChI=1S/C43H32ClFN2O7/c1-43-32(40(51)47(42(43)53)27-11-15-34(45)33(44)19-27)20-31-29(37(43)25-17-24-18-28(48)12-16-35(24)54-21-25)13-14-30-36(31)41(52)46(39(30)50)26-9-7-23(8-10-26)38(49)22-5-3-2-4-6-22/h2-13,15-16,18-19,21,30-32,36-37,48H,14,17,20H2,1H3. The molecule has 6 atom stereocenters. The van der Waals surface area contributed by atoms with Crippen molar-refractivity contribution in [3.05, 3.63) is 142 Å². The van der Waals surface area contributed by atoms with Crippen LogP contribution in [-0.4, -0.2) is 34.5 Å². The molecular weight excluding hydrogens is 711 g/mol. The van der Waals surface area contributed by atoms with E-state index >= 15 is 0 Å². The van der Waals surface area contributed by atoms with E-state index in [1.54, 1.807) is 73.8 Å². The summed E-state index contributed by atoms with van der Waals surface area (Å²) in [7, 11) is 0. The number of benzene rings is 4. The van der Waals surface area contributed by atoms with Gasteiger partial charge in [-0.3, -0.25) is 28.9 Å². The van der Waals surface area contributed by atoms with Gasteiger partial charge in [-0.05, 0) is 91.9 Å². The number of hydrogen-bond acceptors (Lipinski definition) is 7. The quantitative estimate of drug-likeness (QED) is 0.130. The molecule has 54 heavy (non-hydrogen) atoms. The number of anilines is 2. The van der Waals surface area contributed by atoms with E-state index < -0.39 is 58.5 Å². The summed E-state index contributed by atoms with van der Waals surface area (Å²) in [5.41, 5.74) is 2.21. The zero-order chi connectivity index (χ0) is 37.6. The number of phenols is 1. The molecule has 0 radical (unpaired) electrons. The molecule has 4 amide bonds. The van der Waals surface area contributed by atoms with E-state index in [0.717, 1.165) is 16.5 Å². The third-order valence-electron chi connectivity index (χ3n) is 12.0. The second-order valence-electron chi connectivity index (χ2n) is 14.8. The summed E-state index contributed by atoms with van der Waals surface area (Å²) in [6.07, 6.45) is 4.19. The molecule has 0 bridgehead atoms. The summed E-state index contributed by atoms with van der Waals surface area (Å²) in [6.45, 7) is 1.75. The summed E-state index contributed by atoms with van der Waals surface area (Å²) in [5, 5.41) is 10.1. The number of amides is 4. The van der Waals surface area contributed by atoms with E-state index in [0.29, 0.717) is 40.1 Å². The highest BCUT2D eigenvalue weighted by Gasteiger charge is 2.68. The third-order valence-corrected chi connectivity index (χ3v) is 12.3. The highest BCUT2D eigenvalue weighted by molar-refractivity contribution is 6.32. The van der Waals surface area contributed by atoms with Gasteiger partial charge in [-0.1, -0.05) is 53.6 Å². The maximum atomic E-state index is 14.7. The van der Waals surface area contributed by atoms with Crippen molar-refractivity contribution in [2.24, 2.45) is 35.0 Å². The summed E-state index contributed by atoms with van der Waals surface area (Å²) in [6, 6.07) is 23.7. The van der Waals surface area contributed by atoms with Crippen molar-refractivity contribution in [2.75, 3.05) is 9.80 Å². The molecule has 2 saturated heterocycles. The predicted molar refractivity (Wildman–Crippen MR) is 196 cm³/mol. The molecule has 9 nitrogen and oxygen atoms in total. The Morgan fingerprint density at radius 2 is 1.57 bits per heavy atom. The molecule has 3 heterocycles. The number of carbonyl (C=O) groups is 5. The van der Waals surface area contributed by atoms with Gasteiger partial charge < -0.3 is 9.84 Å². The second kappa shape index (κ2) is 12.3. The molecule has 11 heteroatoms.